The summed E-state index contributed by atoms with van der Waals surface area (Å²) in [4.78, 5) is 0. The van der Waals surface area contributed by atoms with E-state index in [1.807, 2.05) is 6.92 Å². The number of nitrogens with one attached hydrogen (secondary N) is 1. The molecule has 1 unspecified atom stereocenters. The standard InChI is InChI=1S/C9H17F4NO/c1-3-14-5-4-7(2)15-6-9(12,13)8(10)11/h7-8,14H,3-6H2,1-2H3. The van der Waals surface area contributed by atoms with Crippen LogP contribution in [0.3, 0.4) is 0 Å². The van der Waals surface area contributed by atoms with E-state index >= 15 is 0 Å². The lowest BCUT2D eigenvalue weighted by Gasteiger charge is -2.19. The van der Waals surface area contributed by atoms with Crippen molar-refractivity contribution in [2.75, 3.05) is 19.7 Å². The molecular formula is C9H17F4NO. The van der Waals surface area contributed by atoms with Gasteiger partial charge in [0, 0.05) is 0 Å². The van der Waals surface area contributed by atoms with Gasteiger partial charge in [-0.1, -0.05) is 6.92 Å². The summed E-state index contributed by atoms with van der Waals surface area (Å²) >= 11 is 0. The highest BCUT2D eigenvalue weighted by Gasteiger charge is 2.41. The minimum Gasteiger partial charge on any atom is -0.372 e. The molecule has 0 saturated carbocycles. The predicted octanol–water partition coefficient (Wildman–Crippen LogP) is 2.29. The summed E-state index contributed by atoms with van der Waals surface area (Å²) in [7, 11) is 0. The molecule has 1 atom stereocenters. The van der Waals surface area contributed by atoms with Crippen molar-refractivity contribution >= 4 is 0 Å². The van der Waals surface area contributed by atoms with E-state index in [0.717, 1.165) is 6.54 Å². The van der Waals surface area contributed by atoms with Gasteiger partial charge in [-0.15, -0.1) is 0 Å². The highest BCUT2D eigenvalue weighted by Crippen LogP contribution is 2.23. The van der Waals surface area contributed by atoms with Gasteiger partial charge in [0.25, 0.3) is 0 Å². The summed E-state index contributed by atoms with van der Waals surface area (Å²) < 4.78 is 52.9. The number of rotatable bonds is 8. The van der Waals surface area contributed by atoms with Crippen molar-refractivity contribution in [3.05, 3.63) is 0 Å². The van der Waals surface area contributed by atoms with Gasteiger partial charge in [-0.25, -0.2) is 8.78 Å². The van der Waals surface area contributed by atoms with E-state index in [-0.39, 0.29) is 0 Å². The molecule has 0 aliphatic rings. The summed E-state index contributed by atoms with van der Waals surface area (Å²) in [6.07, 6.45) is -3.60. The maximum absolute atomic E-state index is 12.4. The molecule has 0 aromatic carbocycles. The Hall–Kier alpha value is -0.360. The van der Waals surface area contributed by atoms with Crippen LogP contribution in [0.15, 0.2) is 0 Å². The Bertz CT molecular complexity index is 166. The normalized spacial score (nSPS) is 14.6. The first-order chi connectivity index (χ1) is 6.90. The summed E-state index contributed by atoms with van der Waals surface area (Å²) in [6.45, 7) is 3.67. The van der Waals surface area contributed by atoms with Crippen LogP contribution in [0.2, 0.25) is 0 Å². The molecule has 6 heteroatoms. The van der Waals surface area contributed by atoms with Gasteiger partial charge in [-0.2, -0.15) is 8.78 Å². The molecule has 0 rings (SSSR count). The van der Waals surface area contributed by atoms with Gasteiger partial charge < -0.3 is 10.1 Å². The van der Waals surface area contributed by atoms with Crippen LogP contribution in [0.1, 0.15) is 20.3 Å². The minimum atomic E-state index is -4.05. The van der Waals surface area contributed by atoms with Gasteiger partial charge >= 0.3 is 12.3 Å². The lowest BCUT2D eigenvalue weighted by Crippen LogP contribution is -2.34. The third-order valence-electron chi connectivity index (χ3n) is 1.86. The van der Waals surface area contributed by atoms with Crippen LogP contribution in [0.25, 0.3) is 0 Å². The third-order valence-corrected chi connectivity index (χ3v) is 1.86. The average Bonchev–Trinajstić information content (AvgIpc) is 2.15. The monoisotopic (exact) mass is 231 g/mol. The van der Waals surface area contributed by atoms with Crippen LogP contribution >= 0.6 is 0 Å². The van der Waals surface area contributed by atoms with Crippen molar-refractivity contribution < 1.29 is 22.3 Å². The minimum absolute atomic E-state index is 0.450. The second kappa shape index (κ2) is 7.00. The zero-order chi connectivity index (χ0) is 11.9. The van der Waals surface area contributed by atoms with Gasteiger partial charge in [-0.05, 0) is 26.4 Å². The maximum atomic E-state index is 12.4. The second-order valence-corrected chi connectivity index (χ2v) is 3.33. The largest absolute Gasteiger partial charge is 0.372 e. The lowest BCUT2D eigenvalue weighted by molar-refractivity contribution is -0.174. The molecule has 0 aliphatic carbocycles. The quantitative estimate of drug-likeness (QED) is 0.511. The summed E-state index contributed by atoms with van der Waals surface area (Å²) in [6, 6.07) is 0. The van der Waals surface area contributed by atoms with Crippen molar-refractivity contribution in [2.45, 2.75) is 38.7 Å². The molecule has 0 saturated heterocycles. The Kier molecular flexibility index (Phi) is 6.84. The fourth-order valence-electron chi connectivity index (χ4n) is 0.882. The van der Waals surface area contributed by atoms with Crippen LogP contribution in [-0.2, 0) is 4.74 Å². The zero-order valence-electron chi connectivity index (χ0n) is 8.90. The summed E-state index contributed by atoms with van der Waals surface area (Å²) in [5.74, 6) is -4.05. The number of halogens is 4. The first-order valence-electron chi connectivity index (χ1n) is 4.88. The molecule has 0 amide bonds. The van der Waals surface area contributed by atoms with Crippen LogP contribution < -0.4 is 5.32 Å². The number of hydrogen-bond acceptors (Lipinski definition) is 2. The Balaban J connectivity index is 3.65. The zero-order valence-corrected chi connectivity index (χ0v) is 8.90. The molecule has 0 aromatic rings. The van der Waals surface area contributed by atoms with Gasteiger partial charge in [0.05, 0.1) is 6.10 Å². The van der Waals surface area contributed by atoms with Gasteiger partial charge in [-0.3, -0.25) is 0 Å². The number of ether oxygens (including phenoxy) is 1. The van der Waals surface area contributed by atoms with Crippen LogP contribution in [0.5, 0.6) is 0 Å². The summed E-state index contributed by atoms with van der Waals surface area (Å²) in [5.41, 5.74) is 0. The van der Waals surface area contributed by atoms with E-state index in [2.05, 4.69) is 10.1 Å². The average molecular weight is 231 g/mol. The van der Waals surface area contributed by atoms with E-state index in [0.29, 0.717) is 13.0 Å². The molecule has 0 radical (unpaired) electrons. The molecule has 2 nitrogen and oxygen atoms in total. The molecule has 0 bridgehead atoms. The fraction of sp³-hybridized carbons (Fsp3) is 1.00. The molecule has 0 fully saturated rings. The SMILES string of the molecule is CCNCCC(C)OCC(F)(F)C(F)F. The van der Waals surface area contributed by atoms with E-state index in [1.54, 1.807) is 6.92 Å². The summed E-state index contributed by atoms with van der Waals surface area (Å²) in [5, 5.41) is 2.98. The number of hydrogen-bond donors (Lipinski definition) is 1. The molecule has 15 heavy (non-hydrogen) atoms. The van der Waals surface area contributed by atoms with E-state index in [9.17, 15) is 17.6 Å². The highest BCUT2D eigenvalue weighted by atomic mass is 19.3. The topological polar surface area (TPSA) is 21.3 Å². The lowest BCUT2D eigenvalue weighted by atomic mass is 10.3. The van der Waals surface area contributed by atoms with Gasteiger partial charge in [0.1, 0.15) is 6.61 Å². The van der Waals surface area contributed by atoms with Crippen LogP contribution in [-0.4, -0.2) is 38.1 Å². The Morgan fingerprint density at radius 1 is 1.33 bits per heavy atom. The molecule has 0 heterocycles. The molecule has 0 aliphatic heterocycles. The first-order valence-corrected chi connectivity index (χ1v) is 4.88. The molecule has 92 valence electrons. The van der Waals surface area contributed by atoms with Crippen molar-refractivity contribution in [2.24, 2.45) is 0 Å². The van der Waals surface area contributed by atoms with Gasteiger partial charge in [0.2, 0.25) is 0 Å². The molecular weight excluding hydrogens is 214 g/mol. The number of alkyl halides is 4. The molecule has 1 N–H and O–H groups in total. The third kappa shape index (κ3) is 6.67. The smallest absolute Gasteiger partial charge is 0.330 e. The van der Waals surface area contributed by atoms with E-state index in [1.165, 1.54) is 0 Å². The van der Waals surface area contributed by atoms with Crippen molar-refractivity contribution in [3.8, 4) is 0 Å². The Morgan fingerprint density at radius 3 is 2.40 bits per heavy atom. The molecule has 0 aromatic heterocycles. The van der Waals surface area contributed by atoms with Crippen molar-refractivity contribution in [1.29, 1.82) is 0 Å². The maximum Gasteiger partial charge on any atom is 0.330 e. The molecule has 0 spiro atoms. The second-order valence-electron chi connectivity index (χ2n) is 3.33. The van der Waals surface area contributed by atoms with E-state index < -0.39 is 25.1 Å². The van der Waals surface area contributed by atoms with Crippen LogP contribution in [0.4, 0.5) is 17.6 Å². The van der Waals surface area contributed by atoms with Crippen molar-refractivity contribution in [1.82, 2.24) is 5.32 Å². The fourth-order valence-corrected chi connectivity index (χ4v) is 0.882. The Labute approximate surface area is 87.0 Å². The van der Waals surface area contributed by atoms with Crippen LogP contribution in [0, 0.1) is 0 Å². The van der Waals surface area contributed by atoms with Gasteiger partial charge in [0.15, 0.2) is 0 Å². The predicted molar refractivity (Wildman–Crippen MR) is 49.5 cm³/mol. The van der Waals surface area contributed by atoms with Crippen molar-refractivity contribution in [3.63, 3.8) is 0 Å². The Morgan fingerprint density at radius 2 is 1.93 bits per heavy atom. The highest BCUT2D eigenvalue weighted by molar-refractivity contribution is 4.68. The first kappa shape index (κ1) is 14.6. The van der Waals surface area contributed by atoms with E-state index in [4.69, 9.17) is 0 Å².